The summed E-state index contributed by atoms with van der Waals surface area (Å²) in [5.74, 6) is 1.20. The molecule has 0 aliphatic heterocycles. The number of hydrogen-bond acceptors (Lipinski definition) is 3. The molecule has 0 aromatic carbocycles. The summed E-state index contributed by atoms with van der Waals surface area (Å²) in [6.45, 7) is 10.9. The molecular formula is C17H26O3. The van der Waals surface area contributed by atoms with Gasteiger partial charge in [-0.1, -0.05) is 26.8 Å². The molecule has 4 aliphatic carbocycles. The number of fused-ring (bicyclic) bond motifs is 2. The number of esters is 1. The lowest BCUT2D eigenvalue weighted by Crippen LogP contribution is -2.67. The molecule has 5 atom stereocenters. The van der Waals surface area contributed by atoms with E-state index >= 15 is 0 Å². The van der Waals surface area contributed by atoms with Gasteiger partial charge in [-0.3, -0.25) is 4.79 Å². The van der Waals surface area contributed by atoms with Crippen molar-refractivity contribution in [3.8, 4) is 0 Å². The highest BCUT2D eigenvalue weighted by molar-refractivity contribution is 5.66. The highest BCUT2D eigenvalue weighted by atomic mass is 16.5. The van der Waals surface area contributed by atoms with Crippen molar-refractivity contribution in [2.75, 3.05) is 6.61 Å². The van der Waals surface area contributed by atoms with Crippen molar-refractivity contribution in [3.63, 3.8) is 0 Å². The van der Waals surface area contributed by atoms with E-state index in [2.05, 4.69) is 20.4 Å². The van der Waals surface area contributed by atoms with Crippen LogP contribution in [0.2, 0.25) is 0 Å². The van der Waals surface area contributed by atoms with Gasteiger partial charge in [-0.05, 0) is 48.0 Å². The smallest absolute Gasteiger partial charge is 0.302 e. The Balaban J connectivity index is 1.95. The number of carbonyl (C=O) groups excluding carboxylic acids is 1. The molecule has 4 fully saturated rings. The first kappa shape index (κ1) is 14.1. The van der Waals surface area contributed by atoms with E-state index in [1.807, 2.05) is 0 Å². The molecule has 0 aromatic rings. The largest absolute Gasteiger partial charge is 0.465 e. The molecule has 4 aliphatic rings. The molecule has 0 spiro atoms. The second-order valence-electron chi connectivity index (χ2n) is 7.79. The van der Waals surface area contributed by atoms with Gasteiger partial charge in [0.15, 0.2) is 0 Å². The Morgan fingerprint density at radius 1 is 1.45 bits per heavy atom. The minimum Gasteiger partial charge on any atom is -0.465 e. The van der Waals surface area contributed by atoms with E-state index in [4.69, 9.17) is 4.74 Å². The number of aliphatic hydroxyl groups is 1. The topological polar surface area (TPSA) is 46.5 Å². The third-order valence-electron chi connectivity index (χ3n) is 6.36. The number of carbonyl (C=O) groups is 1. The summed E-state index contributed by atoms with van der Waals surface area (Å²) in [6, 6.07) is 0. The van der Waals surface area contributed by atoms with Crippen molar-refractivity contribution in [1.82, 2.24) is 0 Å². The van der Waals surface area contributed by atoms with Gasteiger partial charge in [0, 0.05) is 12.3 Å². The van der Waals surface area contributed by atoms with E-state index in [1.165, 1.54) is 19.8 Å². The first-order valence-corrected chi connectivity index (χ1v) is 7.80. The van der Waals surface area contributed by atoms with E-state index in [9.17, 15) is 9.90 Å². The summed E-state index contributed by atoms with van der Waals surface area (Å²) < 4.78 is 5.40. The Morgan fingerprint density at radius 3 is 2.75 bits per heavy atom. The molecule has 0 unspecified atom stereocenters. The number of hydrogen-bond donors (Lipinski definition) is 1. The highest BCUT2D eigenvalue weighted by Crippen LogP contribution is 2.73. The highest BCUT2D eigenvalue weighted by Gasteiger charge is 2.70. The van der Waals surface area contributed by atoms with Crippen molar-refractivity contribution in [3.05, 3.63) is 12.2 Å². The van der Waals surface area contributed by atoms with Crippen molar-refractivity contribution in [2.24, 2.45) is 28.6 Å². The van der Waals surface area contributed by atoms with Crippen LogP contribution in [0.1, 0.15) is 46.5 Å². The molecule has 0 radical (unpaired) electrons. The minimum atomic E-state index is -0.361. The maximum atomic E-state index is 11.2. The number of aliphatic hydroxyl groups excluding tert-OH is 1. The summed E-state index contributed by atoms with van der Waals surface area (Å²) in [4.78, 5) is 11.2. The van der Waals surface area contributed by atoms with Crippen LogP contribution >= 0.6 is 0 Å². The molecule has 4 bridgehead atoms. The molecule has 4 saturated carbocycles. The minimum absolute atomic E-state index is 0.0560. The van der Waals surface area contributed by atoms with Crippen LogP contribution in [0.5, 0.6) is 0 Å². The second-order valence-corrected chi connectivity index (χ2v) is 7.79. The first-order chi connectivity index (χ1) is 9.29. The lowest BCUT2D eigenvalue weighted by Gasteiger charge is -2.68. The molecule has 3 heteroatoms. The third-order valence-corrected chi connectivity index (χ3v) is 6.36. The van der Waals surface area contributed by atoms with E-state index in [0.717, 1.165) is 18.4 Å². The van der Waals surface area contributed by atoms with E-state index in [-0.39, 0.29) is 17.5 Å². The monoisotopic (exact) mass is 278 g/mol. The third kappa shape index (κ3) is 1.71. The van der Waals surface area contributed by atoms with E-state index in [0.29, 0.717) is 29.8 Å². The Labute approximate surface area is 121 Å². The Hall–Kier alpha value is -0.830. The predicted molar refractivity (Wildman–Crippen MR) is 76.9 cm³/mol. The van der Waals surface area contributed by atoms with E-state index in [1.54, 1.807) is 0 Å². The average molecular weight is 278 g/mol. The maximum Gasteiger partial charge on any atom is 0.302 e. The van der Waals surface area contributed by atoms with Gasteiger partial charge in [-0.2, -0.15) is 0 Å². The predicted octanol–water partition coefficient (Wildman–Crippen LogP) is 2.93. The van der Waals surface area contributed by atoms with Crippen molar-refractivity contribution >= 4 is 5.97 Å². The molecule has 1 N–H and O–H groups in total. The van der Waals surface area contributed by atoms with Crippen LogP contribution in [-0.2, 0) is 9.53 Å². The Kier molecular flexibility index (Phi) is 3.06. The molecule has 0 amide bonds. The summed E-state index contributed by atoms with van der Waals surface area (Å²) >= 11 is 0. The Morgan fingerprint density at radius 2 is 2.15 bits per heavy atom. The van der Waals surface area contributed by atoms with Gasteiger partial charge in [-0.25, -0.2) is 0 Å². The molecule has 0 heterocycles. The van der Waals surface area contributed by atoms with Crippen LogP contribution < -0.4 is 0 Å². The zero-order chi connectivity index (χ0) is 14.7. The van der Waals surface area contributed by atoms with Crippen LogP contribution in [0, 0.1) is 28.6 Å². The van der Waals surface area contributed by atoms with Gasteiger partial charge in [-0.15, -0.1) is 0 Å². The summed E-state index contributed by atoms with van der Waals surface area (Å²) in [6.07, 6.45) is 3.93. The average Bonchev–Trinajstić information content (AvgIpc) is 2.53. The second kappa shape index (κ2) is 4.33. The standard InChI is InChI=1S/C17H26O3/c1-10-13(19)8-12-15-14(10)17(12,9-20-11(2)18)7-5-6-16(15,3)4/h12-15,19H,1,5-9H2,2-4H3/t12-,13+,14+,15-,17-/m0/s1. The lowest BCUT2D eigenvalue weighted by atomic mass is 9.36. The SMILES string of the molecule is C=C1[C@H](O)C[C@H]2[C@H]3[C@@H]1[C@]2(COC(C)=O)CCCC3(C)C. The van der Waals surface area contributed by atoms with Gasteiger partial charge in [0.25, 0.3) is 0 Å². The summed E-state index contributed by atoms with van der Waals surface area (Å²) in [7, 11) is 0. The fourth-order valence-corrected chi connectivity index (χ4v) is 5.52. The number of rotatable bonds is 2. The maximum absolute atomic E-state index is 11.2. The zero-order valence-electron chi connectivity index (χ0n) is 12.8. The van der Waals surface area contributed by atoms with Crippen LogP contribution in [0.4, 0.5) is 0 Å². The van der Waals surface area contributed by atoms with Crippen molar-refractivity contribution in [1.29, 1.82) is 0 Å². The van der Waals surface area contributed by atoms with Crippen molar-refractivity contribution < 1.29 is 14.6 Å². The fraction of sp³-hybridized carbons (Fsp3) is 0.824. The molecule has 4 rings (SSSR count). The summed E-state index contributed by atoms with van der Waals surface area (Å²) in [5, 5.41) is 10.2. The van der Waals surface area contributed by atoms with Crippen LogP contribution in [0.25, 0.3) is 0 Å². The van der Waals surface area contributed by atoms with Crippen molar-refractivity contribution in [2.45, 2.75) is 52.6 Å². The van der Waals surface area contributed by atoms with Crippen LogP contribution in [0.15, 0.2) is 12.2 Å². The lowest BCUT2D eigenvalue weighted by molar-refractivity contribution is -0.211. The Bertz CT molecular complexity index is 453. The van der Waals surface area contributed by atoms with Crippen LogP contribution in [0.3, 0.4) is 0 Å². The van der Waals surface area contributed by atoms with E-state index < -0.39 is 0 Å². The molecule has 112 valence electrons. The molecule has 0 aromatic heterocycles. The molecule has 0 saturated heterocycles. The summed E-state index contributed by atoms with van der Waals surface area (Å²) in [5.41, 5.74) is 1.34. The number of ether oxygens (including phenoxy) is 1. The van der Waals surface area contributed by atoms with Gasteiger partial charge in [0.1, 0.15) is 0 Å². The van der Waals surface area contributed by atoms with Gasteiger partial charge in [0.05, 0.1) is 12.7 Å². The quantitative estimate of drug-likeness (QED) is 0.624. The van der Waals surface area contributed by atoms with Gasteiger partial charge >= 0.3 is 5.97 Å². The molecule has 3 nitrogen and oxygen atoms in total. The van der Waals surface area contributed by atoms with Gasteiger partial charge < -0.3 is 9.84 Å². The first-order valence-electron chi connectivity index (χ1n) is 7.80. The normalized spacial score (nSPS) is 45.3. The molecule has 20 heavy (non-hydrogen) atoms. The molecular weight excluding hydrogens is 252 g/mol. The van der Waals surface area contributed by atoms with Gasteiger partial charge in [0.2, 0.25) is 0 Å². The fourth-order valence-electron chi connectivity index (χ4n) is 5.52. The van der Waals surface area contributed by atoms with Crippen LogP contribution in [-0.4, -0.2) is 23.8 Å². The zero-order valence-corrected chi connectivity index (χ0v) is 12.8.